The minimum atomic E-state index is -2.41. The second-order valence-corrected chi connectivity index (χ2v) is 31.7. The topological polar surface area (TPSA) is 547 Å². The Bertz CT molecular complexity index is 4170. The van der Waals surface area contributed by atoms with Crippen LogP contribution in [0.25, 0.3) is 21.8 Å². The predicted molar refractivity (Wildman–Crippen MR) is 411 cm³/mol. The third-order valence-corrected chi connectivity index (χ3v) is 22.3. The van der Waals surface area contributed by atoms with E-state index in [4.69, 9.17) is 11.5 Å². The summed E-state index contributed by atoms with van der Waals surface area (Å²) in [5.41, 5.74) is 11.7. The van der Waals surface area contributed by atoms with Gasteiger partial charge in [-0.05, 0) is 68.2 Å². The highest BCUT2D eigenvalue weighted by Gasteiger charge is 2.44. The molecule has 4 aliphatic rings. The summed E-state index contributed by atoms with van der Waals surface area (Å²) >= 11 is 1.77. The number of Topliss-reactive ketones (excluding diaryl/α,β-unsaturated/α-hetero) is 2. The van der Waals surface area contributed by atoms with Crippen LogP contribution in [0.3, 0.4) is 0 Å². The summed E-state index contributed by atoms with van der Waals surface area (Å²) in [4.78, 5) is 239. The smallest absolute Gasteiger partial charge is 0.305 e. The lowest BCUT2D eigenvalue weighted by atomic mass is 9.92. The number of hydrogen-bond acceptors (Lipinski definition) is 22. The lowest BCUT2D eigenvalue weighted by Gasteiger charge is -2.35. The van der Waals surface area contributed by atoms with Crippen LogP contribution < -0.4 is 64.6 Å². The zero-order chi connectivity index (χ0) is 82.0. The Morgan fingerprint density at radius 2 is 1.13 bits per heavy atom. The molecule has 4 bridgehead atoms. The van der Waals surface area contributed by atoms with Crippen molar-refractivity contribution in [3.05, 3.63) is 72.1 Å². The zero-order valence-corrected chi connectivity index (χ0v) is 65.2. The van der Waals surface area contributed by atoms with Crippen molar-refractivity contribution in [2.45, 2.75) is 172 Å². The largest absolute Gasteiger partial charge is 0.481 e. The molecule has 4 aromatic rings. The highest BCUT2D eigenvalue weighted by molar-refractivity contribution is 8.00. The number of carbonyl (C=O) groups is 16. The summed E-state index contributed by atoms with van der Waals surface area (Å²) in [5, 5.41) is 61.4. The van der Waals surface area contributed by atoms with Crippen LogP contribution in [-0.4, -0.2) is 275 Å². The van der Waals surface area contributed by atoms with E-state index in [9.17, 15) is 82.4 Å². The molecule has 13 amide bonds. The Kier molecular flexibility index (Phi) is 31.2. The number of carboxylic acids is 1. The highest BCUT2D eigenvalue weighted by Crippen LogP contribution is 2.26. The van der Waals surface area contributed by atoms with Gasteiger partial charge in [-0.15, -0.1) is 11.8 Å². The van der Waals surface area contributed by atoms with E-state index in [0.29, 0.717) is 39.4 Å². The van der Waals surface area contributed by atoms with Crippen molar-refractivity contribution in [2.75, 3.05) is 68.8 Å². The maximum atomic E-state index is 15.5. The molecule has 6 heterocycles. The zero-order valence-electron chi connectivity index (χ0n) is 63.6. The van der Waals surface area contributed by atoms with Crippen molar-refractivity contribution in [3.63, 3.8) is 0 Å². The maximum Gasteiger partial charge on any atom is 0.305 e. The fourth-order valence-electron chi connectivity index (χ4n) is 13.7. The number of ketones is 2. The molecular weight excluding hydrogens is 1500 g/mol. The number of aliphatic carboxylic acids is 1. The van der Waals surface area contributed by atoms with Crippen LogP contribution >= 0.6 is 23.5 Å². The number of amides is 13. The minimum Gasteiger partial charge on any atom is -0.481 e. The number of primary amides is 1. The van der Waals surface area contributed by atoms with Gasteiger partial charge < -0.3 is 99.3 Å². The average molecular weight is 1600 g/mol. The van der Waals surface area contributed by atoms with Gasteiger partial charge in [0.1, 0.15) is 60.2 Å². The van der Waals surface area contributed by atoms with Crippen molar-refractivity contribution in [2.24, 2.45) is 35.1 Å². The molecular formula is C74H103N17O19S2. The fraction of sp³-hybridized carbons (Fsp3) is 0.568. The third-order valence-electron chi connectivity index (χ3n) is 20.2. The van der Waals surface area contributed by atoms with Crippen LogP contribution in [0.4, 0.5) is 0 Å². The first kappa shape index (κ1) is 87.6. The molecule has 4 aliphatic heterocycles. The van der Waals surface area contributed by atoms with Crippen molar-refractivity contribution < 1.29 is 92.0 Å². The number of carboxylic acid groups (broad SMARTS) is 1. The second-order valence-electron chi connectivity index (χ2n) is 29.6. The Hall–Kier alpha value is -10.0. The number of aliphatic hydroxyl groups is 2. The van der Waals surface area contributed by atoms with E-state index in [-0.39, 0.29) is 56.8 Å². The second kappa shape index (κ2) is 39.9. The number of nitrogens with zero attached hydrogens (tertiary/aromatic N) is 3. The Morgan fingerprint density at radius 1 is 0.598 bits per heavy atom. The van der Waals surface area contributed by atoms with Gasteiger partial charge in [-0.25, -0.2) is 0 Å². The van der Waals surface area contributed by atoms with Gasteiger partial charge in [0.25, 0.3) is 0 Å². The Balaban J connectivity index is 1.19. The number of fused-ring (bicyclic) bond motifs is 7. The van der Waals surface area contributed by atoms with Gasteiger partial charge >= 0.3 is 5.97 Å². The van der Waals surface area contributed by atoms with E-state index >= 15 is 9.59 Å². The molecule has 8 rings (SSSR count). The number of carbonyl (C=O) groups excluding carboxylic acids is 15. The minimum absolute atomic E-state index is 0.0313. The van der Waals surface area contributed by atoms with Gasteiger partial charge in [0.2, 0.25) is 76.8 Å². The summed E-state index contributed by atoms with van der Waals surface area (Å²) in [5.74, 6) is -20.5. The number of rotatable bonds is 14. The Morgan fingerprint density at radius 3 is 1.68 bits per heavy atom. The van der Waals surface area contributed by atoms with Crippen LogP contribution in [0, 0.1) is 23.7 Å². The van der Waals surface area contributed by atoms with E-state index in [1.807, 2.05) is 0 Å². The first-order valence-corrected chi connectivity index (χ1v) is 39.6. The molecule has 112 heavy (non-hydrogen) atoms. The molecule has 0 radical (unpaired) electrons. The summed E-state index contributed by atoms with van der Waals surface area (Å²) in [6.07, 6.45) is -0.796. The molecule has 4 saturated heterocycles. The standard InChI is InChI=1S/C74H103N17O19S2/c1-8-41-24-56(94)63(40(7)92)88-66(102)44(25-55(93)39(6)75)31-111-33-58(96)89-20-21-90-36-74(110,35-89)80-29-52(84-65(41)101)70(106)82-50(23-43-28-78-48-17-12-10-15-46(43)48)69(105)86-61(37(2)3)72(108)83-51(26-60(98)99)67(103)79-30-57(95)81-49(22-42-27-77-47-16-11-9-14-45(42)47)68(104)87-62(38(4)5)73(109)91-19-13-18-54(91)71(107)85-53(64(76)100)32-112-34-59(90)97/h9-12,14-17,27-28,37-41,44,49-54,61-63,77-78,80,92,110H,8,13,18-26,29-36,75H2,1-7H3,(H2,76,100)(H,79,103)(H,81,95)(H,82,106)(H,83,108)(H,84,101)(H,85,107)(H,86,105)(H,87,104)(H,88,102)(H,98,99). The highest BCUT2D eigenvalue weighted by atomic mass is 32.2. The quantitative estimate of drug-likeness (QED) is 0.0580. The van der Waals surface area contributed by atoms with Gasteiger partial charge in [-0.2, -0.15) is 11.8 Å². The molecule has 0 aliphatic carbocycles. The van der Waals surface area contributed by atoms with E-state index in [0.717, 1.165) is 23.5 Å². The molecule has 38 heteroatoms. The molecule has 14 atom stereocenters. The summed E-state index contributed by atoms with van der Waals surface area (Å²) in [6, 6.07) is -1.32. The van der Waals surface area contributed by atoms with Crippen molar-refractivity contribution in [3.8, 4) is 0 Å². The molecule has 0 spiro atoms. The summed E-state index contributed by atoms with van der Waals surface area (Å²) in [7, 11) is 0. The van der Waals surface area contributed by atoms with Crippen LogP contribution in [0.1, 0.15) is 98.1 Å². The van der Waals surface area contributed by atoms with E-state index in [2.05, 4.69) is 63.1 Å². The fourth-order valence-corrected chi connectivity index (χ4v) is 15.7. The van der Waals surface area contributed by atoms with Crippen molar-refractivity contribution in [1.29, 1.82) is 0 Å². The van der Waals surface area contributed by atoms with Crippen LogP contribution in [-0.2, 0) is 89.6 Å². The van der Waals surface area contributed by atoms with Crippen LogP contribution in [0.5, 0.6) is 0 Å². The monoisotopic (exact) mass is 1600 g/mol. The lowest BCUT2D eigenvalue weighted by Crippen LogP contribution is -2.64. The van der Waals surface area contributed by atoms with E-state index < -0.39 is 247 Å². The SMILES string of the molecule is CCC1CC(=O)C(C(C)O)NC(=O)C(CC(=O)C(C)N)CSCC(=O)N2CCN3CC(O)(C2)NCC(NC1=O)C(=O)NC(Cc1c[nH]c2ccccc12)C(=O)NC(C(C)C)C(=O)NC(CC(=O)O)C(=O)NCC(=O)NC(Cc1c[nH]c2ccccc12)C(=O)NC(C(C)C)C(=O)N1CCCC1C(=O)NC(C(N)=O)CSCC3=O. The van der Waals surface area contributed by atoms with Crippen LogP contribution in [0.15, 0.2) is 60.9 Å². The maximum absolute atomic E-state index is 15.5. The predicted octanol–water partition coefficient (Wildman–Crippen LogP) is -3.58. The lowest BCUT2D eigenvalue weighted by molar-refractivity contribution is -0.143. The van der Waals surface area contributed by atoms with Gasteiger partial charge in [0.15, 0.2) is 11.5 Å². The molecule has 19 N–H and O–H groups in total. The number of nitrogens with one attached hydrogen (secondary N) is 12. The number of aromatic nitrogens is 2. The van der Waals surface area contributed by atoms with E-state index in [1.165, 1.54) is 49.3 Å². The summed E-state index contributed by atoms with van der Waals surface area (Å²) in [6.45, 7) is 7.04. The molecule has 610 valence electrons. The normalized spacial score (nSPS) is 27.3. The third kappa shape index (κ3) is 23.5. The first-order valence-electron chi connectivity index (χ1n) is 37.3. The van der Waals surface area contributed by atoms with Gasteiger partial charge in [-0.3, -0.25) is 82.0 Å². The number of para-hydroxylation sites is 2. The molecule has 2 aromatic carbocycles. The van der Waals surface area contributed by atoms with Crippen molar-refractivity contribution >= 4 is 140 Å². The van der Waals surface area contributed by atoms with E-state index in [1.54, 1.807) is 74.8 Å². The van der Waals surface area contributed by atoms with Gasteiger partial charge in [0, 0.05) is 103 Å². The van der Waals surface area contributed by atoms with Crippen LogP contribution in [0.2, 0.25) is 0 Å². The summed E-state index contributed by atoms with van der Waals surface area (Å²) < 4.78 is 0. The number of benzene rings is 2. The number of aliphatic hydroxyl groups excluding tert-OH is 1. The van der Waals surface area contributed by atoms with Gasteiger partial charge in [-0.1, -0.05) is 71.0 Å². The molecule has 36 nitrogen and oxygen atoms in total. The molecule has 2 aromatic heterocycles. The number of aromatic amines is 2. The van der Waals surface area contributed by atoms with Gasteiger partial charge in [0.05, 0.1) is 55.6 Å². The molecule has 14 unspecified atom stereocenters. The average Bonchev–Trinajstić information content (AvgIpc) is 1.68. The Labute approximate surface area is 654 Å². The number of nitrogens with two attached hydrogens (primary N) is 2. The molecule has 0 saturated carbocycles. The molecule has 4 fully saturated rings. The first-order chi connectivity index (χ1) is 53.0. The van der Waals surface area contributed by atoms with Crippen molar-refractivity contribution in [1.82, 2.24) is 77.8 Å². The number of hydrogen-bond donors (Lipinski definition) is 17. The number of thioether (sulfide) groups is 2. The number of H-pyrrole nitrogens is 2.